The second kappa shape index (κ2) is 4.90. The molecule has 1 aromatic heterocycles. The third-order valence-corrected chi connectivity index (χ3v) is 4.63. The Hall–Kier alpha value is -1.89. The Kier molecular flexibility index (Phi) is 3.21. The number of sulfone groups is 1. The van der Waals surface area contributed by atoms with Crippen LogP contribution in [0, 0.1) is 0 Å². The van der Waals surface area contributed by atoms with Crippen LogP contribution >= 0.6 is 0 Å². The lowest BCUT2D eigenvalue weighted by atomic mass is 10.2. The Labute approximate surface area is 116 Å². The Morgan fingerprint density at radius 2 is 2.20 bits per heavy atom. The molecule has 0 spiro atoms. The predicted molar refractivity (Wildman–Crippen MR) is 75.4 cm³/mol. The summed E-state index contributed by atoms with van der Waals surface area (Å²) in [4.78, 5) is 4.35. The van der Waals surface area contributed by atoms with E-state index in [9.17, 15) is 12.8 Å². The number of fused-ring (bicyclic) bond motifs is 1. The Morgan fingerprint density at radius 3 is 2.90 bits per heavy atom. The third-order valence-electron chi connectivity index (χ3n) is 3.32. The quantitative estimate of drug-likeness (QED) is 0.926. The van der Waals surface area contributed by atoms with Gasteiger partial charge >= 0.3 is 0 Å². The first kappa shape index (κ1) is 13.1. The SMILES string of the molecule is O=S(=O)(CF)c1cccc2c1ccn2CC1=NCCN1. The van der Waals surface area contributed by atoms with Crippen molar-refractivity contribution in [1.82, 2.24) is 9.88 Å². The van der Waals surface area contributed by atoms with E-state index in [4.69, 9.17) is 0 Å². The minimum Gasteiger partial charge on any atom is -0.370 e. The van der Waals surface area contributed by atoms with Crippen LogP contribution < -0.4 is 5.32 Å². The van der Waals surface area contributed by atoms with Crippen LogP contribution in [-0.4, -0.2) is 37.9 Å². The molecule has 20 heavy (non-hydrogen) atoms. The van der Waals surface area contributed by atoms with E-state index in [1.807, 2.05) is 10.6 Å². The highest BCUT2D eigenvalue weighted by Crippen LogP contribution is 2.25. The van der Waals surface area contributed by atoms with Crippen LogP contribution in [0.4, 0.5) is 4.39 Å². The van der Waals surface area contributed by atoms with Gasteiger partial charge in [0, 0.05) is 23.6 Å². The smallest absolute Gasteiger partial charge is 0.208 e. The highest BCUT2D eigenvalue weighted by atomic mass is 32.2. The molecule has 1 N–H and O–H groups in total. The zero-order valence-corrected chi connectivity index (χ0v) is 11.5. The van der Waals surface area contributed by atoms with Gasteiger partial charge in [0.25, 0.3) is 0 Å². The van der Waals surface area contributed by atoms with E-state index >= 15 is 0 Å². The monoisotopic (exact) mass is 295 g/mol. The lowest BCUT2D eigenvalue weighted by Gasteiger charge is -2.07. The molecule has 0 unspecified atom stereocenters. The lowest BCUT2D eigenvalue weighted by molar-refractivity contribution is 0.535. The molecular formula is C13H14FN3O2S. The van der Waals surface area contributed by atoms with Crippen molar-refractivity contribution in [1.29, 1.82) is 0 Å². The van der Waals surface area contributed by atoms with E-state index in [1.165, 1.54) is 6.07 Å². The number of aliphatic imine (C=N–C) groups is 1. The molecule has 2 aromatic rings. The topological polar surface area (TPSA) is 63.5 Å². The van der Waals surface area contributed by atoms with Crippen molar-refractivity contribution >= 4 is 26.6 Å². The van der Waals surface area contributed by atoms with Crippen molar-refractivity contribution in [2.75, 3.05) is 19.1 Å². The van der Waals surface area contributed by atoms with Crippen molar-refractivity contribution in [3.05, 3.63) is 30.5 Å². The lowest BCUT2D eigenvalue weighted by Crippen LogP contribution is -2.23. The molecule has 7 heteroatoms. The molecular weight excluding hydrogens is 281 g/mol. The van der Waals surface area contributed by atoms with Gasteiger partial charge in [-0.15, -0.1) is 0 Å². The van der Waals surface area contributed by atoms with Crippen LogP contribution in [-0.2, 0) is 16.4 Å². The number of benzene rings is 1. The van der Waals surface area contributed by atoms with E-state index in [-0.39, 0.29) is 4.90 Å². The molecule has 5 nitrogen and oxygen atoms in total. The molecule has 2 heterocycles. The van der Waals surface area contributed by atoms with Crippen LogP contribution in [0.1, 0.15) is 0 Å². The highest BCUT2D eigenvalue weighted by Gasteiger charge is 2.18. The zero-order valence-electron chi connectivity index (χ0n) is 10.7. The number of hydrogen-bond donors (Lipinski definition) is 1. The first-order valence-electron chi connectivity index (χ1n) is 6.25. The van der Waals surface area contributed by atoms with E-state index < -0.39 is 15.8 Å². The van der Waals surface area contributed by atoms with Gasteiger partial charge in [0.05, 0.1) is 18.0 Å². The summed E-state index contributed by atoms with van der Waals surface area (Å²) >= 11 is 0. The summed E-state index contributed by atoms with van der Waals surface area (Å²) < 4.78 is 38.1. The minimum absolute atomic E-state index is 0.0394. The van der Waals surface area contributed by atoms with Gasteiger partial charge in [-0.05, 0) is 18.2 Å². The van der Waals surface area contributed by atoms with Gasteiger partial charge in [0.1, 0.15) is 5.84 Å². The second-order valence-electron chi connectivity index (χ2n) is 4.61. The molecule has 106 valence electrons. The first-order chi connectivity index (χ1) is 9.62. The van der Waals surface area contributed by atoms with Crippen molar-refractivity contribution in [3.8, 4) is 0 Å². The predicted octanol–water partition coefficient (Wildman–Crippen LogP) is 1.34. The molecule has 0 saturated carbocycles. The van der Waals surface area contributed by atoms with Crippen LogP contribution in [0.3, 0.4) is 0 Å². The van der Waals surface area contributed by atoms with E-state index in [0.717, 1.165) is 24.4 Å². The number of alkyl halides is 1. The van der Waals surface area contributed by atoms with E-state index in [1.54, 1.807) is 18.3 Å². The van der Waals surface area contributed by atoms with Crippen LogP contribution in [0.15, 0.2) is 40.4 Å². The van der Waals surface area contributed by atoms with E-state index in [0.29, 0.717) is 11.9 Å². The fourth-order valence-corrected chi connectivity index (χ4v) is 3.29. The standard InChI is InChI=1S/C13H14FN3O2S/c14-9-20(18,19)12-3-1-2-11-10(12)4-7-17(11)8-13-15-5-6-16-13/h1-4,7H,5-6,8-9H2,(H,15,16). The van der Waals surface area contributed by atoms with Gasteiger partial charge in [-0.25, -0.2) is 12.8 Å². The molecule has 1 aliphatic heterocycles. The number of amidine groups is 1. The summed E-state index contributed by atoms with van der Waals surface area (Å²) in [6.07, 6.45) is 1.80. The number of halogens is 1. The van der Waals surface area contributed by atoms with Gasteiger partial charge < -0.3 is 9.88 Å². The maximum Gasteiger partial charge on any atom is 0.208 e. The fourth-order valence-electron chi connectivity index (χ4n) is 2.38. The zero-order chi connectivity index (χ0) is 14.2. The Morgan fingerprint density at radius 1 is 1.35 bits per heavy atom. The normalized spacial score (nSPS) is 15.3. The van der Waals surface area contributed by atoms with E-state index in [2.05, 4.69) is 10.3 Å². The molecule has 0 atom stereocenters. The molecule has 0 amide bonds. The van der Waals surface area contributed by atoms with Crippen LogP contribution in [0.5, 0.6) is 0 Å². The molecule has 3 rings (SSSR count). The van der Waals surface area contributed by atoms with Gasteiger partial charge in [-0.2, -0.15) is 0 Å². The van der Waals surface area contributed by atoms with Gasteiger partial charge in [-0.3, -0.25) is 4.99 Å². The molecule has 1 aliphatic rings. The molecule has 0 bridgehead atoms. The van der Waals surface area contributed by atoms with Crippen molar-refractivity contribution in [2.24, 2.45) is 4.99 Å². The second-order valence-corrected chi connectivity index (χ2v) is 6.50. The summed E-state index contributed by atoms with van der Waals surface area (Å²) in [5.74, 6) is 0.876. The average molecular weight is 295 g/mol. The molecule has 0 fully saturated rings. The Balaban J connectivity index is 2.07. The average Bonchev–Trinajstić information content (AvgIpc) is 3.09. The number of hydrogen-bond acceptors (Lipinski definition) is 4. The number of nitrogens with one attached hydrogen (secondary N) is 1. The summed E-state index contributed by atoms with van der Waals surface area (Å²) in [6, 6.07) is 5.21. The summed E-state index contributed by atoms with van der Waals surface area (Å²) in [6.45, 7) is 2.15. The summed E-state index contributed by atoms with van der Waals surface area (Å²) in [5, 5.41) is 3.71. The van der Waals surface area contributed by atoms with Gasteiger partial charge in [0.2, 0.25) is 9.84 Å². The van der Waals surface area contributed by atoms with Crippen molar-refractivity contribution in [3.63, 3.8) is 0 Å². The largest absolute Gasteiger partial charge is 0.370 e. The summed E-state index contributed by atoms with van der Waals surface area (Å²) in [5.41, 5.74) is 0.760. The maximum atomic E-state index is 12.7. The molecule has 0 aliphatic carbocycles. The molecule has 0 saturated heterocycles. The van der Waals surface area contributed by atoms with Gasteiger partial charge in [0.15, 0.2) is 6.01 Å². The maximum absolute atomic E-state index is 12.7. The molecule has 1 aromatic carbocycles. The summed E-state index contributed by atoms with van der Waals surface area (Å²) in [7, 11) is -3.86. The fraction of sp³-hybridized carbons (Fsp3) is 0.308. The number of nitrogens with zero attached hydrogens (tertiary/aromatic N) is 2. The van der Waals surface area contributed by atoms with Crippen molar-refractivity contribution < 1.29 is 12.8 Å². The van der Waals surface area contributed by atoms with Crippen molar-refractivity contribution in [2.45, 2.75) is 11.4 Å². The Bertz CT molecular complexity index is 780. The third kappa shape index (κ3) is 2.18. The highest BCUT2D eigenvalue weighted by molar-refractivity contribution is 7.91. The molecule has 0 radical (unpaired) electrons. The number of aromatic nitrogens is 1. The van der Waals surface area contributed by atoms with Crippen LogP contribution in [0.25, 0.3) is 10.9 Å². The van der Waals surface area contributed by atoms with Gasteiger partial charge in [-0.1, -0.05) is 6.07 Å². The first-order valence-corrected chi connectivity index (χ1v) is 7.91. The minimum atomic E-state index is -3.86. The van der Waals surface area contributed by atoms with Crippen LogP contribution in [0.2, 0.25) is 0 Å². The number of rotatable bonds is 4.